The van der Waals surface area contributed by atoms with Crippen molar-refractivity contribution in [3.63, 3.8) is 0 Å². The van der Waals surface area contributed by atoms with Crippen LogP contribution >= 0.6 is 11.5 Å². The van der Waals surface area contributed by atoms with Crippen molar-refractivity contribution < 1.29 is 9.53 Å². The molecule has 0 aliphatic heterocycles. The first kappa shape index (κ1) is 6.15. The molecule has 0 amide bonds. The molecule has 0 atom stereocenters. The Kier molecular flexibility index (Phi) is 1.74. The van der Waals surface area contributed by atoms with Crippen LogP contribution in [0.2, 0.25) is 0 Å². The second kappa shape index (κ2) is 2.54. The summed E-state index contributed by atoms with van der Waals surface area (Å²) in [7, 11) is 1.45. The van der Waals surface area contributed by atoms with Gasteiger partial charge in [0.1, 0.15) is 0 Å². The normalized spacial score (nSPS) is 9.00. The third-order valence-corrected chi connectivity index (χ3v) is 1.33. The number of hydrogen-bond acceptors (Lipinski definition) is 5. The van der Waals surface area contributed by atoms with Crippen LogP contribution < -0.4 is 4.74 Å². The topological polar surface area (TPSA) is 52.1 Å². The van der Waals surface area contributed by atoms with Crippen molar-refractivity contribution >= 4 is 17.8 Å². The van der Waals surface area contributed by atoms with Gasteiger partial charge in [0.2, 0.25) is 0 Å². The van der Waals surface area contributed by atoms with Gasteiger partial charge in [0, 0.05) is 0 Å². The summed E-state index contributed by atoms with van der Waals surface area (Å²) in [4.78, 5) is 13.7. The zero-order chi connectivity index (χ0) is 6.69. The lowest BCUT2D eigenvalue weighted by Gasteiger charge is -1.83. The Morgan fingerprint density at radius 2 is 2.56 bits per heavy atom. The van der Waals surface area contributed by atoms with Gasteiger partial charge in [0.05, 0.1) is 7.11 Å². The van der Waals surface area contributed by atoms with Gasteiger partial charge in [-0.1, -0.05) is 0 Å². The molecule has 0 saturated heterocycles. The summed E-state index contributed by atoms with van der Waals surface area (Å²) < 4.78 is 8.31. The van der Waals surface area contributed by atoms with E-state index in [1.807, 2.05) is 0 Å². The zero-order valence-electron chi connectivity index (χ0n) is 4.70. The number of hydrogen-bond donors (Lipinski definition) is 0. The van der Waals surface area contributed by atoms with Crippen LogP contribution in [0.5, 0.6) is 6.01 Å². The van der Waals surface area contributed by atoms with E-state index in [1.54, 1.807) is 0 Å². The van der Waals surface area contributed by atoms with Gasteiger partial charge >= 0.3 is 6.01 Å². The molecule has 0 radical (unpaired) electrons. The first-order valence-electron chi connectivity index (χ1n) is 2.19. The first-order valence-corrected chi connectivity index (χ1v) is 2.97. The number of carbonyl (C=O) groups excluding carboxylic acids is 1. The fourth-order valence-corrected chi connectivity index (χ4v) is 0.801. The molecule has 5 heteroatoms. The highest BCUT2D eigenvalue weighted by atomic mass is 32.1. The van der Waals surface area contributed by atoms with Gasteiger partial charge in [-0.25, -0.2) is 0 Å². The van der Waals surface area contributed by atoms with Crippen LogP contribution in [0.3, 0.4) is 0 Å². The van der Waals surface area contributed by atoms with E-state index in [-0.39, 0.29) is 6.01 Å². The molecule has 0 fully saturated rings. The maximum atomic E-state index is 9.99. The molecule has 0 aromatic carbocycles. The zero-order valence-corrected chi connectivity index (χ0v) is 5.51. The van der Waals surface area contributed by atoms with Gasteiger partial charge in [0.25, 0.3) is 0 Å². The molecular weight excluding hydrogens is 140 g/mol. The van der Waals surface area contributed by atoms with Gasteiger partial charge in [0.15, 0.2) is 11.3 Å². The van der Waals surface area contributed by atoms with Crippen LogP contribution in [-0.4, -0.2) is 22.8 Å². The third kappa shape index (κ3) is 1.23. The minimum atomic E-state index is 0.252. The molecule has 9 heavy (non-hydrogen) atoms. The summed E-state index contributed by atoms with van der Waals surface area (Å²) in [5.74, 6) is 0. The summed E-state index contributed by atoms with van der Waals surface area (Å²) in [6.07, 6.45) is 0.639. The van der Waals surface area contributed by atoms with Gasteiger partial charge in [-0.2, -0.15) is 4.98 Å². The van der Waals surface area contributed by atoms with Crippen molar-refractivity contribution in [3.05, 3.63) is 5.01 Å². The summed E-state index contributed by atoms with van der Waals surface area (Å²) in [5, 5.41) is 0.340. The highest BCUT2D eigenvalue weighted by Gasteiger charge is 1.99. The van der Waals surface area contributed by atoms with Crippen LogP contribution in [0, 0.1) is 0 Å². The van der Waals surface area contributed by atoms with Crippen LogP contribution in [0.25, 0.3) is 0 Å². The van der Waals surface area contributed by atoms with Crippen molar-refractivity contribution in [1.82, 2.24) is 9.36 Å². The minimum absolute atomic E-state index is 0.252. The number of nitrogens with zero attached hydrogens (tertiary/aromatic N) is 2. The largest absolute Gasteiger partial charge is 0.466 e. The lowest BCUT2D eigenvalue weighted by atomic mass is 10.8. The van der Waals surface area contributed by atoms with Gasteiger partial charge in [-0.15, -0.1) is 4.37 Å². The van der Waals surface area contributed by atoms with Crippen molar-refractivity contribution in [1.29, 1.82) is 0 Å². The number of rotatable bonds is 2. The quantitative estimate of drug-likeness (QED) is 0.562. The number of aldehydes is 1. The van der Waals surface area contributed by atoms with Crippen LogP contribution in [0.4, 0.5) is 0 Å². The molecule has 0 N–H and O–H groups in total. The van der Waals surface area contributed by atoms with Crippen LogP contribution in [-0.2, 0) is 0 Å². The van der Waals surface area contributed by atoms with E-state index in [9.17, 15) is 4.79 Å². The Labute approximate surface area is 55.7 Å². The van der Waals surface area contributed by atoms with Crippen LogP contribution in [0.15, 0.2) is 0 Å². The van der Waals surface area contributed by atoms with E-state index in [4.69, 9.17) is 0 Å². The second-order valence-electron chi connectivity index (χ2n) is 1.24. The molecule has 1 aromatic heterocycles. The van der Waals surface area contributed by atoms with E-state index in [0.29, 0.717) is 11.3 Å². The number of ether oxygens (including phenoxy) is 1. The van der Waals surface area contributed by atoms with Gasteiger partial charge < -0.3 is 4.74 Å². The highest BCUT2D eigenvalue weighted by Crippen LogP contribution is 2.06. The highest BCUT2D eigenvalue weighted by molar-refractivity contribution is 7.07. The molecule has 4 nitrogen and oxygen atoms in total. The Morgan fingerprint density at radius 1 is 1.78 bits per heavy atom. The Hall–Kier alpha value is -0.970. The number of carbonyl (C=O) groups is 1. The second-order valence-corrected chi connectivity index (χ2v) is 2.02. The molecule has 48 valence electrons. The summed E-state index contributed by atoms with van der Waals surface area (Å²) in [6.45, 7) is 0. The molecule has 1 rings (SSSR count). The van der Waals surface area contributed by atoms with Crippen LogP contribution in [0.1, 0.15) is 9.80 Å². The standard InChI is InChI=1S/C4H4N2O2S/c1-8-4-5-3(2-7)9-6-4/h2H,1H3. The molecule has 0 unspecified atom stereocenters. The van der Waals surface area contributed by atoms with E-state index in [0.717, 1.165) is 11.5 Å². The van der Waals surface area contributed by atoms with Crippen molar-refractivity contribution in [2.24, 2.45) is 0 Å². The predicted octanol–water partition coefficient (Wildman–Crippen LogP) is 0.359. The van der Waals surface area contributed by atoms with E-state index < -0.39 is 0 Å². The Bertz CT molecular complexity index is 210. The number of aromatic nitrogens is 2. The molecule has 1 heterocycles. The molecule has 0 aliphatic carbocycles. The van der Waals surface area contributed by atoms with Gasteiger partial charge in [-0.05, 0) is 11.5 Å². The smallest absolute Gasteiger partial charge is 0.328 e. The molecule has 0 saturated carbocycles. The van der Waals surface area contributed by atoms with Crippen molar-refractivity contribution in [2.75, 3.05) is 7.11 Å². The minimum Gasteiger partial charge on any atom is -0.466 e. The van der Waals surface area contributed by atoms with Crippen molar-refractivity contribution in [3.8, 4) is 6.01 Å². The first-order chi connectivity index (χ1) is 4.36. The average molecular weight is 144 g/mol. The predicted molar refractivity (Wildman–Crippen MR) is 31.8 cm³/mol. The SMILES string of the molecule is COc1nsc(C=O)n1. The molecule has 1 aromatic rings. The average Bonchev–Trinajstić information content (AvgIpc) is 2.34. The summed E-state index contributed by atoms with van der Waals surface area (Å²) in [5.41, 5.74) is 0. The maximum absolute atomic E-state index is 9.99. The fraction of sp³-hybridized carbons (Fsp3) is 0.250. The molecule has 0 spiro atoms. The van der Waals surface area contributed by atoms with E-state index >= 15 is 0 Å². The molecule has 0 bridgehead atoms. The lowest BCUT2D eigenvalue weighted by Crippen LogP contribution is -1.84. The Balaban J connectivity index is 2.86. The van der Waals surface area contributed by atoms with Crippen molar-refractivity contribution in [2.45, 2.75) is 0 Å². The van der Waals surface area contributed by atoms with Gasteiger partial charge in [-0.3, -0.25) is 4.79 Å². The maximum Gasteiger partial charge on any atom is 0.328 e. The molecular formula is C4H4N2O2S. The molecule has 0 aliphatic rings. The monoisotopic (exact) mass is 144 g/mol. The van der Waals surface area contributed by atoms with E-state index in [2.05, 4.69) is 14.1 Å². The summed E-state index contributed by atoms with van der Waals surface area (Å²) >= 11 is 1.02. The third-order valence-electron chi connectivity index (χ3n) is 0.706. The van der Waals surface area contributed by atoms with E-state index in [1.165, 1.54) is 7.11 Å². The lowest BCUT2D eigenvalue weighted by molar-refractivity contribution is 0.112. The fourth-order valence-electron chi connectivity index (χ4n) is 0.352. The number of methoxy groups -OCH3 is 1. The Morgan fingerprint density at radius 3 is 2.89 bits per heavy atom. The summed E-state index contributed by atoms with van der Waals surface area (Å²) in [6, 6.07) is 0.252.